The molecule has 2 aromatic carbocycles. The second kappa shape index (κ2) is 7.20. The number of halogens is 2. The zero-order valence-electron chi connectivity index (χ0n) is 15.0. The molecule has 2 aliphatic rings. The summed E-state index contributed by atoms with van der Waals surface area (Å²) in [5.74, 6) is -3.36. The van der Waals surface area contributed by atoms with Crippen molar-refractivity contribution in [1.82, 2.24) is 4.31 Å². The lowest BCUT2D eigenvalue weighted by Crippen LogP contribution is -2.39. The average molecular weight is 422 g/mol. The molecule has 2 heterocycles. The van der Waals surface area contributed by atoms with E-state index < -0.39 is 39.4 Å². The summed E-state index contributed by atoms with van der Waals surface area (Å²) in [6, 6.07) is 6.22. The predicted molar refractivity (Wildman–Crippen MR) is 98.2 cm³/mol. The Labute approximate surface area is 165 Å². The van der Waals surface area contributed by atoms with Crippen LogP contribution in [0, 0.1) is 11.6 Å². The Morgan fingerprint density at radius 1 is 1.14 bits per heavy atom. The lowest BCUT2D eigenvalue weighted by atomic mass is 10.1. The summed E-state index contributed by atoms with van der Waals surface area (Å²) in [5.41, 5.74) is 0.281. The summed E-state index contributed by atoms with van der Waals surface area (Å²) in [5, 5.41) is 2.37. The van der Waals surface area contributed by atoms with E-state index in [-0.39, 0.29) is 35.0 Å². The minimum Gasteiger partial charge on any atom is -0.489 e. The van der Waals surface area contributed by atoms with Crippen molar-refractivity contribution in [3.8, 4) is 5.75 Å². The SMILES string of the molecule is O=C1Nc2ccc(S(=O)(=O)N3CCCC3COc3ccc(F)cc3F)cc2C1=O. The van der Waals surface area contributed by atoms with Gasteiger partial charge in [0.15, 0.2) is 11.6 Å². The van der Waals surface area contributed by atoms with Crippen molar-refractivity contribution >= 4 is 27.4 Å². The predicted octanol–water partition coefficient (Wildman–Crippen LogP) is 2.33. The van der Waals surface area contributed by atoms with Gasteiger partial charge >= 0.3 is 0 Å². The van der Waals surface area contributed by atoms with Gasteiger partial charge < -0.3 is 10.1 Å². The summed E-state index contributed by atoms with van der Waals surface area (Å²) in [6.07, 6.45) is 1.09. The van der Waals surface area contributed by atoms with Crippen molar-refractivity contribution in [1.29, 1.82) is 0 Å². The molecule has 10 heteroatoms. The third-order valence-corrected chi connectivity index (χ3v) is 6.89. The smallest absolute Gasteiger partial charge is 0.296 e. The van der Waals surface area contributed by atoms with Crippen molar-refractivity contribution in [2.45, 2.75) is 23.8 Å². The molecule has 0 radical (unpaired) electrons. The molecule has 1 amide bonds. The van der Waals surface area contributed by atoms with E-state index in [0.29, 0.717) is 18.9 Å². The molecule has 7 nitrogen and oxygen atoms in total. The van der Waals surface area contributed by atoms with Gasteiger partial charge in [-0.3, -0.25) is 9.59 Å². The van der Waals surface area contributed by atoms with Gasteiger partial charge in [0.25, 0.3) is 11.7 Å². The van der Waals surface area contributed by atoms with Gasteiger partial charge in [0.05, 0.1) is 22.2 Å². The molecule has 0 aliphatic carbocycles. The second-order valence-corrected chi connectivity index (χ2v) is 8.68. The van der Waals surface area contributed by atoms with Gasteiger partial charge in [-0.1, -0.05) is 0 Å². The number of nitrogens with one attached hydrogen (secondary N) is 1. The summed E-state index contributed by atoms with van der Waals surface area (Å²) >= 11 is 0. The van der Waals surface area contributed by atoms with Crippen molar-refractivity contribution in [2.24, 2.45) is 0 Å². The minimum absolute atomic E-state index is 0.0106. The van der Waals surface area contributed by atoms with Crippen molar-refractivity contribution in [2.75, 3.05) is 18.5 Å². The number of anilines is 1. The number of Topliss-reactive ketones (excluding diaryl/α,β-unsaturated/α-hetero) is 1. The molecule has 2 aliphatic heterocycles. The normalized spacial score (nSPS) is 19.3. The largest absolute Gasteiger partial charge is 0.489 e. The monoisotopic (exact) mass is 422 g/mol. The van der Waals surface area contributed by atoms with Crippen molar-refractivity contribution < 1.29 is 31.5 Å². The molecule has 1 N–H and O–H groups in total. The topological polar surface area (TPSA) is 92.8 Å². The Morgan fingerprint density at radius 2 is 1.93 bits per heavy atom. The Morgan fingerprint density at radius 3 is 2.69 bits per heavy atom. The number of nitrogens with zero attached hydrogens (tertiary/aromatic N) is 1. The van der Waals surface area contributed by atoms with Gasteiger partial charge in [-0.05, 0) is 43.2 Å². The van der Waals surface area contributed by atoms with E-state index in [9.17, 15) is 26.8 Å². The van der Waals surface area contributed by atoms with Crippen LogP contribution in [0.5, 0.6) is 5.75 Å². The highest BCUT2D eigenvalue weighted by Gasteiger charge is 2.37. The molecular weight excluding hydrogens is 406 g/mol. The first-order valence-electron chi connectivity index (χ1n) is 8.87. The first kappa shape index (κ1) is 19.5. The number of carbonyl (C=O) groups excluding carboxylic acids is 2. The number of amides is 1. The maximum atomic E-state index is 13.8. The molecule has 1 atom stereocenters. The summed E-state index contributed by atoms with van der Waals surface area (Å²) < 4.78 is 59.6. The third kappa shape index (κ3) is 3.49. The molecule has 1 unspecified atom stereocenters. The van der Waals surface area contributed by atoms with E-state index in [0.717, 1.165) is 12.1 Å². The number of carbonyl (C=O) groups is 2. The standard InChI is InChI=1S/C19H16F2N2O5S/c20-11-3-6-17(15(21)8-11)28-10-12-2-1-7-23(12)29(26,27)13-4-5-16-14(9-13)18(24)19(25)22-16/h3-6,8-9,12H,1-2,7,10H2,(H,22,24,25). The van der Waals surface area contributed by atoms with Crippen molar-refractivity contribution in [3.05, 3.63) is 53.6 Å². The van der Waals surface area contributed by atoms with Crippen LogP contribution in [-0.2, 0) is 14.8 Å². The maximum Gasteiger partial charge on any atom is 0.296 e. The molecule has 1 fully saturated rings. The van der Waals surface area contributed by atoms with E-state index in [2.05, 4.69) is 5.32 Å². The Hall–Kier alpha value is -2.85. The number of benzene rings is 2. The fourth-order valence-electron chi connectivity index (χ4n) is 3.49. The molecule has 0 bridgehead atoms. The van der Waals surface area contributed by atoms with Gasteiger partial charge in [0, 0.05) is 12.6 Å². The lowest BCUT2D eigenvalue weighted by Gasteiger charge is -2.24. The van der Waals surface area contributed by atoms with Crippen LogP contribution in [0.2, 0.25) is 0 Å². The molecule has 29 heavy (non-hydrogen) atoms. The second-order valence-electron chi connectivity index (χ2n) is 6.79. The number of hydrogen-bond donors (Lipinski definition) is 1. The van der Waals surface area contributed by atoms with E-state index in [1.807, 2.05) is 0 Å². The Balaban J connectivity index is 1.55. The molecule has 0 saturated carbocycles. The molecule has 0 aromatic heterocycles. The minimum atomic E-state index is -3.96. The third-order valence-electron chi connectivity index (χ3n) is 4.94. The number of fused-ring (bicyclic) bond motifs is 1. The van der Waals surface area contributed by atoms with Gasteiger partial charge in [-0.25, -0.2) is 17.2 Å². The number of ketones is 1. The van der Waals surface area contributed by atoms with E-state index in [1.54, 1.807) is 0 Å². The number of hydrogen-bond acceptors (Lipinski definition) is 5. The first-order chi connectivity index (χ1) is 13.8. The van der Waals surface area contributed by atoms with E-state index >= 15 is 0 Å². The number of sulfonamides is 1. The molecule has 4 rings (SSSR count). The zero-order valence-corrected chi connectivity index (χ0v) is 15.8. The van der Waals surface area contributed by atoms with Crippen LogP contribution in [-0.4, -0.2) is 43.6 Å². The van der Waals surface area contributed by atoms with Crippen LogP contribution in [0.1, 0.15) is 23.2 Å². The van der Waals surface area contributed by atoms with Crippen LogP contribution in [0.15, 0.2) is 41.3 Å². The van der Waals surface area contributed by atoms with Crippen LogP contribution in [0.4, 0.5) is 14.5 Å². The van der Waals surface area contributed by atoms with Crippen LogP contribution in [0.3, 0.4) is 0 Å². The average Bonchev–Trinajstić information content (AvgIpc) is 3.26. The summed E-state index contributed by atoms with van der Waals surface area (Å²) in [7, 11) is -3.96. The molecular formula is C19H16F2N2O5S. The molecule has 1 saturated heterocycles. The maximum absolute atomic E-state index is 13.8. The fraction of sp³-hybridized carbons (Fsp3) is 0.263. The van der Waals surface area contributed by atoms with Gasteiger partial charge in [0.2, 0.25) is 10.0 Å². The summed E-state index contributed by atoms with van der Waals surface area (Å²) in [4.78, 5) is 23.2. The fourth-order valence-corrected chi connectivity index (χ4v) is 5.19. The van der Waals surface area contributed by atoms with E-state index in [1.165, 1.54) is 22.5 Å². The first-order valence-corrected chi connectivity index (χ1v) is 10.3. The van der Waals surface area contributed by atoms with Crippen LogP contribution < -0.4 is 10.1 Å². The molecule has 2 aromatic rings. The highest BCUT2D eigenvalue weighted by atomic mass is 32.2. The Bertz CT molecular complexity index is 1120. The van der Waals surface area contributed by atoms with Gasteiger partial charge in [-0.2, -0.15) is 4.31 Å². The Kier molecular flexibility index (Phi) is 4.83. The van der Waals surface area contributed by atoms with Crippen LogP contribution >= 0.6 is 0 Å². The summed E-state index contributed by atoms with van der Waals surface area (Å²) in [6.45, 7) is 0.135. The van der Waals surface area contributed by atoms with Gasteiger partial charge in [-0.15, -0.1) is 0 Å². The molecule has 0 spiro atoms. The van der Waals surface area contributed by atoms with Gasteiger partial charge in [0.1, 0.15) is 12.4 Å². The highest BCUT2D eigenvalue weighted by molar-refractivity contribution is 7.89. The molecule has 152 valence electrons. The highest BCUT2D eigenvalue weighted by Crippen LogP contribution is 2.31. The lowest BCUT2D eigenvalue weighted by molar-refractivity contribution is -0.112. The zero-order chi connectivity index (χ0) is 20.8. The quantitative estimate of drug-likeness (QED) is 0.747. The number of rotatable bonds is 5. The number of ether oxygens (including phenoxy) is 1. The van der Waals surface area contributed by atoms with Crippen LogP contribution in [0.25, 0.3) is 0 Å². The van der Waals surface area contributed by atoms with E-state index in [4.69, 9.17) is 4.74 Å². The van der Waals surface area contributed by atoms with Crippen molar-refractivity contribution in [3.63, 3.8) is 0 Å².